The van der Waals surface area contributed by atoms with Crippen molar-refractivity contribution in [1.29, 1.82) is 0 Å². The summed E-state index contributed by atoms with van der Waals surface area (Å²) in [4.78, 5) is 19.5. The van der Waals surface area contributed by atoms with Crippen molar-refractivity contribution in [3.05, 3.63) is 66.4 Å². The first-order valence-electron chi connectivity index (χ1n) is 7.36. The third-order valence-electron chi connectivity index (χ3n) is 3.23. The molecule has 3 heterocycles. The Balaban J connectivity index is 1.79. The van der Waals surface area contributed by atoms with Gasteiger partial charge in [-0.1, -0.05) is 12.1 Å². The lowest BCUT2D eigenvalue weighted by molar-refractivity contribution is -0.143. The van der Waals surface area contributed by atoms with Crippen molar-refractivity contribution < 1.29 is 22.7 Å². The van der Waals surface area contributed by atoms with Crippen LogP contribution < -0.4 is 10.1 Å². The van der Waals surface area contributed by atoms with Crippen LogP contribution in [0.15, 0.2) is 55.1 Å². The summed E-state index contributed by atoms with van der Waals surface area (Å²) < 4.78 is 45.6. The van der Waals surface area contributed by atoms with Gasteiger partial charge < -0.3 is 10.1 Å². The highest BCUT2D eigenvalue weighted by molar-refractivity contribution is 5.70. The highest BCUT2D eigenvalue weighted by atomic mass is 19.4. The quantitative estimate of drug-likeness (QED) is 0.771. The highest BCUT2D eigenvalue weighted by Crippen LogP contribution is 2.37. The zero-order valence-corrected chi connectivity index (χ0v) is 13.1. The number of carbonyl (C=O) groups is 1. The Labute approximate surface area is 145 Å². The van der Waals surface area contributed by atoms with Crippen LogP contribution in [-0.4, -0.2) is 25.8 Å². The molecule has 0 spiro atoms. The number of hydrogen-bond donors (Lipinski definition) is 1. The second-order valence-corrected chi connectivity index (χ2v) is 5.06. The number of ether oxygens (including phenoxy) is 1. The average Bonchev–Trinajstić information content (AvgIpc) is 3.05. The summed E-state index contributed by atoms with van der Waals surface area (Å²) in [6.45, 7) is 0.0579. The fourth-order valence-electron chi connectivity index (χ4n) is 2.13. The molecule has 3 aromatic heterocycles. The van der Waals surface area contributed by atoms with Crippen LogP contribution in [0.3, 0.4) is 0 Å². The monoisotopic (exact) mass is 363 g/mol. The Kier molecular flexibility index (Phi) is 4.83. The van der Waals surface area contributed by atoms with Gasteiger partial charge in [-0.2, -0.15) is 18.3 Å². The van der Waals surface area contributed by atoms with Gasteiger partial charge in [0, 0.05) is 25.1 Å². The fraction of sp³-hybridized carbons (Fsp3) is 0.125. The van der Waals surface area contributed by atoms with E-state index < -0.39 is 23.7 Å². The van der Waals surface area contributed by atoms with Crippen molar-refractivity contribution in [2.45, 2.75) is 12.7 Å². The smallest absolute Gasteiger partial charge is 0.406 e. The SMILES string of the molecule is O=C(NCc1cccnc1)Oc1cnn(-c2ccccn2)c1C(F)(F)F. The van der Waals surface area contributed by atoms with Gasteiger partial charge in [0.25, 0.3) is 0 Å². The number of amides is 1. The molecule has 10 heteroatoms. The van der Waals surface area contributed by atoms with Crippen LogP contribution in [0.4, 0.5) is 18.0 Å². The van der Waals surface area contributed by atoms with Crippen LogP contribution in [0.5, 0.6) is 5.75 Å². The van der Waals surface area contributed by atoms with E-state index >= 15 is 0 Å². The molecule has 1 amide bonds. The first-order valence-corrected chi connectivity index (χ1v) is 7.36. The molecule has 0 atom stereocenters. The molecule has 3 rings (SSSR count). The largest absolute Gasteiger partial charge is 0.437 e. The molecule has 0 aliphatic heterocycles. The number of aromatic nitrogens is 4. The van der Waals surface area contributed by atoms with Gasteiger partial charge in [-0.05, 0) is 23.8 Å². The number of nitrogens with zero attached hydrogens (tertiary/aromatic N) is 4. The number of alkyl halides is 3. The normalized spacial score (nSPS) is 11.2. The Bertz CT molecular complexity index is 882. The number of rotatable bonds is 4. The van der Waals surface area contributed by atoms with E-state index in [1.54, 1.807) is 24.4 Å². The maximum Gasteiger partial charge on any atom is 0.437 e. The molecule has 0 aliphatic rings. The van der Waals surface area contributed by atoms with Crippen LogP contribution in [0.2, 0.25) is 0 Å². The molecule has 0 saturated heterocycles. The Morgan fingerprint density at radius 3 is 2.65 bits per heavy atom. The Morgan fingerprint density at radius 1 is 1.15 bits per heavy atom. The average molecular weight is 363 g/mol. The molecule has 26 heavy (non-hydrogen) atoms. The predicted octanol–water partition coefficient (Wildman–Crippen LogP) is 2.97. The third-order valence-corrected chi connectivity index (χ3v) is 3.23. The maximum atomic E-state index is 13.4. The van der Waals surface area contributed by atoms with Crippen LogP contribution in [0, 0.1) is 0 Å². The minimum atomic E-state index is -4.80. The lowest BCUT2D eigenvalue weighted by Crippen LogP contribution is -2.27. The van der Waals surface area contributed by atoms with Gasteiger partial charge in [-0.25, -0.2) is 14.5 Å². The summed E-state index contributed by atoms with van der Waals surface area (Å²) in [5, 5.41) is 6.00. The predicted molar refractivity (Wildman–Crippen MR) is 83.5 cm³/mol. The molecule has 7 nitrogen and oxygen atoms in total. The molecule has 0 bridgehead atoms. The second kappa shape index (κ2) is 7.21. The lowest BCUT2D eigenvalue weighted by Gasteiger charge is -2.12. The topological polar surface area (TPSA) is 81.9 Å². The molecule has 0 fully saturated rings. The van der Waals surface area contributed by atoms with E-state index in [0.717, 1.165) is 6.20 Å². The van der Waals surface area contributed by atoms with Crippen LogP contribution >= 0.6 is 0 Å². The zero-order chi connectivity index (χ0) is 18.6. The van der Waals surface area contributed by atoms with E-state index in [9.17, 15) is 18.0 Å². The van der Waals surface area contributed by atoms with Crippen molar-refractivity contribution in [3.63, 3.8) is 0 Å². The van der Waals surface area contributed by atoms with Gasteiger partial charge >= 0.3 is 12.3 Å². The summed E-state index contributed by atoms with van der Waals surface area (Å²) in [6.07, 6.45) is -0.615. The maximum absolute atomic E-state index is 13.4. The summed E-state index contributed by atoms with van der Waals surface area (Å²) in [6, 6.07) is 7.80. The molecule has 0 aromatic carbocycles. The van der Waals surface area contributed by atoms with Gasteiger partial charge in [0.05, 0.1) is 6.20 Å². The van der Waals surface area contributed by atoms with Crippen LogP contribution in [0.1, 0.15) is 11.3 Å². The van der Waals surface area contributed by atoms with Crippen molar-refractivity contribution in [2.24, 2.45) is 0 Å². The van der Waals surface area contributed by atoms with E-state index in [2.05, 4.69) is 20.4 Å². The number of nitrogens with one attached hydrogen (secondary N) is 1. The van der Waals surface area contributed by atoms with E-state index in [-0.39, 0.29) is 12.4 Å². The van der Waals surface area contributed by atoms with Gasteiger partial charge in [-0.3, -0.25) is 4.98 Å². The highest BCUT2D eigenvalue weighted by Gasteiger charge is 2.40. The van der Waals surface area contributed by atoms with Gasteiger partial charge in [0.1, 0.15) is 0 Å². The first-order chi connectivity index (χ1) is 12.4. The van der Waals surface area contributed by atoms with Gasteiger partial charge in [-0.15, -0.1) is 0 Å². The second-order valence-electron chi connectivity index (χ2n) is 5.06. The minimum Gasteiger partial charge on any atom is -0.406 e. The number of pyridine rings is 2. The van der Waals surface area contributed by atoms with Crippen molar-refractivity contribution in [1.82, 2.24) is 25.1 Å². The van der Waals surface area contributed by atoms with Gasteiger partial charge in [0.15, 0.2) is 17.3 Å². The first kappa shape index (κ1) is 17.4. The summed E-state index contributed by atoms with van der Waals surface area (Å²) in [5.41, 5.74) is -0.558. The lowest BCUT2D eigenvalue weighted by atomic mass is 10.3. The number of hydrogen-bond acceptors (Lipinski definition) is 5. The standard InChI is InChI=1S/C16H12F3N5O2/c17-16(18,19)14-12(10-23-24(14)13-5-1-2-7-21-13)26-15(25)22-9-11-4-3-6-20-8-11/h1-8,10H,9H2,(H,22,25). The summed E-state index contributed by atoms with van der Waals surface area (Å²) >= 11 is 0. The molecular formula is C16H12F3N5O2. The Morgan fingerprint density at radius 2 is 2.00 bits per heavy atom. The summed E-state index contributed by atoms with van der Waals surface area (Å²) in [7, 11) is 0. The molecule has 134 valence electrons. The van der Waals surface area contributed by atoms with E-state index in [0.29, 0.717) is 10.2 Å². The number of carbonyl (C=O) groups excluding carboxylic acids is 1. The van der Waals surface area contributed by atoms with Crippen LogP contribution in [-0.2, 0) is 12.7 Å². The minimum absolute atomic E-state index is 0.0505. The van der Waals surface area contributed by atoms with E-state index in [1.807, 2.05) is 0 Å². The molecule has 0 aliphatic carbocycles. The third kappa shape index (κ3) is 3.97. The molecule has 3 aromatic rings. The van der Waals surface area contributed by atoms with Crippen molar-refractivity contribution >= 4 is 6.09 Å². The van der Waals surface area contributed by atoms with Crippen molar-refractivity contribution in [3.8, 4) is 11.6 Å². The van der Waals surface area contributed by atoms with Crippen molar-refractivity contribution in [2.75, 3.05) is 0 Å². The Hall–Kier alpha value is -3.43. The van der Waals surface area contributed by atoms with Crippen LogP contribution in [0.25, 0.3) is 5.82 Å². The van der Waals surface area contributed by atoms with Gasteiger partial charge in [0.2, 0.25) is 0 Å². The van der Waals surface area contributed by atoms with E-state index in [1.165, 1.54) is 24.5 Å². The molecule has 0 radical (unpaired) electrons. The number of halogens is 3. The zero-order valence-electron chi connectivity index (χ0n) is 13.1. The summed E-state index contributed by atoms with van der Waals surface area (Å²) in [5.74, 6) is -0.766. The molecule has 0 unspecified atom stereocenters. The molecule has 1 N–H and O–H groups in total. The van der Waals surface area contributed by atoms with E-state index in [4.69, 9.17) is 4.74 Å². The fourth-order valence-corrected chi connectivity index (χ4v) is 2.13. The molecule has 0 saturated carbocycles. The molecular weight excluding hydrogens is 351 g/mol.